The van der Waals surface area contributed by atoms with Crippen molar-refractivity contribution in [2.75, 3.05) is 18.5 Å². The summed E-state index contributed by atoms with van der Waals surface area (Å²) < 4.78 is 5.87. The number of benzene rings is 3. The average Bonchev–Trinajstić information content (AvgIpc) is 3.07. The van der Waals surface area contributed by atoms with Crippen LogP contribution in [-0.4, -0.2) is 46.1 Å². The largest absolute Gasteiger partial charge is 0.494 e. The normalized spacial score (nSPS) is 11.5. The SMILES string of the molecule is CCCCCCCOc1ccc(-c2cnc(-c3ccc(C[C@H](NC(=O)c4ccc(NCCCC)cc4)C(=O)O)cc3)nc2)cc1. The highest BCUT2D eigenvalue weighted by Gasteiger charge is 2.21. The van der Waals surface area contributed by atoms with Crippen LogP contribution in [0, 0.1) is 0 Å². The van der Waals surface area contributed by atoms with Crippen LogP contribution < -0.4 is 15.4 Å². The lowest BCUT2D eigenvalue weighted by atomic mass is 10.0. The number of rotatable bonds is 18. The molecule has 3 N–H and O–H groups in total. The molecule has 4 aromatic rings. The number of carbonyl (C=O) groups is 2. The molecule has 1 atom stereocenters. The molecule has 0 fully saturated rings. The maximum atomic E-state index is 12.8. The van der Waals surface area contributed by atoms with Gasteiger partial charge in [0, 0.05) is 47.7 Å². The molecule has 236 valence electrons. The highest BCUT2D eigenvalue weighted by Crippen LogP contribution is 2.24. The number of carboxylic acid groups (broad SMARTS) is 1. The summed E-state index contributed by atoms with van der Waals surface area (Å²) in [4.78, 5) is 33.8. The third-order valence-electron chi connectivity index (χ3n) is 7.62. The maximum Gasteiger partial charge on any atom is 0.326 e. The second kappa shape index (κ2) is 17.5. The molecule has 0 aliphatic carbocycles. The third-order valence-corrected chi connectivity index (χ3v) is 7.62. The average molecular weight is 609 g/mol. The van der Waals surface area contributed by atoms with Gasteiger partial charge in [0.05, 0.1) is 6.61 Å². The Kier molecular flexibility index (Phi) is 12.9. The standard InChI is InChI=1S/C37H44N4O4/c1-3-5-7-8-9-23-45-33-20-16-28(17-21-33)31-25-39-35(40-26-31)29-12-10-27(11-13-29)24-34(37(43)44)41-36(42)30-14-18-32(19-15-30)38-22-6-4-2/h10-21,25-26,34,38H,3-9,22-24H2,1-2H3,(H,41,42)(H,43,44)/t34-/m0/s1. The van der Waals surface area contributed by atoms with Gasteiger partial charge in [0.15, 0.2) is 5.82 Å². The first-order valence-electron chi connectivity index (χ1n) is 16.0. The second-order valence-corrected chi connectivity index (χ2v) is 11.2. The summed E-state index contributed by atoms with van der Waals surface area (Å²) in [5.74, 6) is -0.0798. The summed E-state index contributed by atoms with van der Waals surface area (Å²) in [5.41, 5.74) is 4.85. The Labute approximate surface area is 266 Å². The van der Waals surface area contributed by atoms with Crippen molar-refractivity contribution in [2.24, 2.45) is 0 Å². The van der Waals surface area contributed by atoms with Crippen LogP contribution in [-0.2, 0) is 11.2 Å². The van der Waals surface area contributed by atoms with Crippen LogP contribution in [0.15, 0.2) is 85.2 Å². The molecule has 0 bridgehead atoms. The Balaban J connectivity index is 1.30. The number of unbranched alkanes of at least 4 members (excludes halogenated alkanes) is 5. The van der Waals surface area contributed by atoms with E-state index in [0.29, 0.717) is 11.4 Å². The van der Waals surface area contributed by atoms with Crippen molar-refractivity contribution < 1.29 is 19.4 Å². The number of nitrogens with one attached hydrogen (secondary N) is 2. The number of nitrogens with zero attached hydrogens (tertiary/aromatic N) is 2. The molecule has 1 aromatic heterocycles. The van der Waals surface area contributed by atoms with Gasteiger partial charge in [0.1, 0.15) is 11.8 Å². The monoisotopic (exact) mass is 608 g/mol. The third kappa shape index (κ3) is 10.4. The Hall–Kier alpha value is -4.72. The number of aliphatic carboxylic acids is 1. The first kappa shape index (κ1) is 33.2. The highest BCUT2D eigenvalue weighted by molar-refractivity contribution is 5.97. The summed E-state index contributed by atoms with van der Waals surface area (Å²) in [7, 11) is 0. The van der Waals surface area contributed by atoms with Crippen molar-refractivity contribution in [2.45, 2.75) is 71.3 Å². The zero-order valence-corrected chi connectivity index (χ0v) is 26.3. The summed E-state index contributed by atoms with van der Waals surface area (Å²) in [6.07, 6.45) is 12.0. The molecule has 1 heterocycles. The van der Waals surface area contributed by atoms with Crippen molar-refractivity contribution >= 4 is 17.6 Å². The van der Waals surface area contributed by atoms with E-state index >= 15 is 0 Å². The topological polar surface area (TPSA) is 113 Å². The fraction of sp³-hybridized carbons (Fsp3) is 0.351. The molecule has 0 aliphatic heterocycles. The fourth-order valence-electron chi connectivity index (χ4n) is 4.88. The highest BCUT2D eigenvalue weighted by atomic mass is 16.5. The van der Waals surface area contributed by atoms with E-state index in [1.165, 1.54) is 25.7 Å². The van der Waals surface area contributed by atoms with Gasteiger partial charge in [-0.2, -0.15) is 0 Å². The molecular weight excluding hydrogens is 564 g/mol. The van der Waals surface area contributed by atoms with Gasteiger partial charge in [0.25, 0.3) is 5.91 Å². The van der Waals surface area contributed by atoms with Crippen LogP contribution >= 0.6 is 0 Å². The van der Waals surface area contributed by atoms with Gasteiger partial charge in [-0.05, 0) is 60.4 Å². The van der Waals surface area contributed by atoms with Crippen LogP contribution in [0.25, 0.3) is 22.5 Å². The Bertz CT molecular complexity index is 1470. The zero-order valence-electron chi connectivity index (χ0n) is 26.3. The van der Waals surface area contributed by atoms with Gasteiger partial charge in [0.2, 0.25) is 0 Å². The fourth-order valence-corrected chi connectivity index (χ4v) is 4.88. The molecule has 0 saturated heterocycles. The second-order valence-electron chi connectivity index (χ2n) is 11.2. The van der Waals surface area contributed by atoms with Crippen molar-refractivity contribution in [3.05, 3.63) is 96.3 Å². The first-order valence-corrected chi connectivity index (χ1v) is 16.0. The molecule has 0 radical (unpaired) electrons. The summed E-state index contributed by atoms with van der Waals surface area (Å²) in [6, 6.07) is 21.4. The molecule has 0 aliphatic rings. The van der Waals surface area contributed by atoms with E-state index in [4.69, 9.17) is 4.74 Å². The van der Waals surface area contributed by atoms with Gasteiger partial charge >= 0.3 is 5.97 Å². The minimum absolute atomic E-state index is 0.149. The van der Waals surface area contributed by atoms with Crippen molar-refractivity contribution in [3.8, 4) is 28.3 Å². The number of hydrogen-bond donors (Lipinski definition) is 3. The predicted molar refractivity (Wildman–Crippen MR) is 180 cm³/mol. The van der Waals surface area contributed by atoms with Crippen molar-refractivity contribution in [1.82, 2.24) is 15.3 Å². The van der Waals surface area contributed by atoms with E-state index in [2.05, 4.69) is 34.4 Å². The quantitative estimate of drug-likeness (QED) is 0.0988. The number of hydrogen-bond acceptors (Lipinski definition) is 6. The number of carbonyl (C=O) groups excluding carboxylic acids is 1. The summed E-state index contributed by atoms with van der Waals surface area (Å²) >= 11 is 0. The summed E-state index contributed by atoms with van der Waals surface area (Å²) in [5, 5.41) is 15.7. The van der Waals surface area contributed by atoms with Gasteiger partial charge in [-0.15, -0.1) is 0 Å². The van der Waals surface area contributed by atoms with E-state index in [1.807, 2.05) is 60.7 Å². The van der Waals surface area contributed by atoms with Crippen LogP contribution in [0.2, 0.25) is 0 Å². The molecule has 1 amide bonds. The van der Waals surface area contributed by atoms with E-state index in [9.17, 15) is 14.7 Å². The van der Waals surface area contributed by atoms with E-state index < -0.39 is 17.9 Å². The molecular formula is C37H44N4O4. The molecule has 45 heavy (non-hydrogen) atoms. The van der Waals surface area contributed by atoms with E-state index in [0.717, 1.165) is 66.1 Å². The van der Waals surface area contributed by atoms with Gasteiger partial charge < -0.3 is 20.5 Å². The minimum Gasteiger partial charge on any atom is -0.494 e. The maximum absolute atomic E-state index is 12.8. The molecule has 0 saturated carbocycles. The molecule has 8 nitrogen and oxygen atoms in total. The predicted octanol–water partition coefficient (Wildman–Crippen LogP) is 7.80. The molecule has 8 heteroatoms. The number of anilines is 1. The smallest absolute Gasteiger partial charge is 0.326 e. The first-order chi connectivity index (χ1) is 22.0. The zero-order chi connectivity index (χ0) is 31.9. The number of carboxylic acids is 1. The van der Waals surface area contributed by atoms with Crippen molar-refractivity contribution in [3.63, 3.8) is 0 Å². The van der Waals surface area contributed by atoms with Gasteiger partial charge in [-0.3, -0.25) is 4.79 Å². The summed E-state index contributed by atoms with van der Waals surface area (Å²) in [6.45, 7) is 5.94. The number of amides is 1. The number of aromatic nitrogens is 2. The van der Waals surface area contributed by atoms with E-state index in [1.54, 1.807) is 24.5 Å². The molecule has 0 spiro atoms. The van der Waals surface area contributed by atoms with Crippen LogP contribution in [0.1, 0.15) is 74.7 Å². The Morgan fingerprint density at radius 3 is 2.04 bits per heavy atom. The van der Waals surface area contributed by atoms with Crippen LogP contribution in [0.4, 0.5) is 5.69 Å². The van der Waals surface area contributed by atoms with Crippen LogP contribution in [0.5, 0.6) is 5.75 Å². The van der Waals surface area contributed by atoms with Crippen molar-refractivity contribution in [1.29, 1.82) is 0 Å². The number of ether oxygens (including phenoxy) is 1. The minimum atomic E-state index is -1.09. The lowest BCUT2D eigenvalue weighted by Gasteiger charge is -2.15. The molecule has 3 aromatic carbocycles. The lowest BCUT2D eigenvalue weighted by Crippen LogP contribution is -2.42. The Morgan fingerprint density at radius 1 is 0.756 bits per heavy atom. The molecule has 0 unspecified atom stereocenters. The van der Waals surface area contributed by atoms with Crippen LogP contribution in [0.3, 0.4) is 0 Å². The van der Waals surface area contributed by atoms with E-state index in [-0.39, 0.29) is 6.42 Å². The lowest BCUT2D eigenvalue weighted by molar-refractivity contribution is -0.139. The van der Waals surface area contributed by atoms with Gasteiger partial charge in [-0.1, -0.05) is 82.3 Å². The van der Waals surface area contributed by atoms with Gasteiger partial charge in [-0.25, -0.2) is 14.8 Å². The Morgan fingerprint density at radius 2 is 1.40 bits per heavy atom. The molecule has 4 rings (SSSR count).